The van der Waals surface area contributed by atoms with Crippen molar-refractivity contribution >= 4 is 33.2 Å². The van der Waals surface area contributed by atoms with Crippen molar-refractivity contribution < 1.29 is 13.6 Å². The lowest BCUT2D eigenvalue weighted by Gasteiger charge is -2.08. The molecule has 19 heavy (non-hydrogen) atoms. The van der Waals surface area contributed by atoms with Crippen molar-refractivity contribution in [3.8, 4) is 0 Å². The number of nitrogens with two attached hydrogens (primary N) is 1. The number of benzene rings is 1. The minimum atomic E-state index is -0.859. The Balaban J connectivity index is 2.32. The van der Waals surface area contributed by atoms with Crippen LogP contribution in [0.4, 0.5) is 20.2 Å². The van der Waals surface area contributed by atoms with Crippen LogP contribution in [0, 0.1) is 11.6 Å². The highest BCUT2D eigenvalue weighted by molar-refractivity contribution is 9.10. The Kier molecular flexibility index (Phi) is 3.57. The molecule has 0 saturated carbocycles. The zero-order valence-electron chi connectivity index (χ0n) is 9.88. The molecule has 0 atom stereocenters. The molecule has 0 unspecified atom stereocenters. The first kappa shape index (κ1) is 13.5. The van der Waals surface area contributed by atoms with Crippen molar-refractivity contribution in [2.75, 3.05) is 11.1 Å². The molecule has 0 saturated heterocycles. The van der Waals surface area contributed by atoms with Crippen molar-refractivity contribution in [3.05, 3.63) is 46.2 Å². The molecule has 1 aromatic carbocycles. The molecule has 2 rings (SSSR count). The molecule has 1 amide bonds. The predicted molar refractivity (Wildman–Crippen MR) is 71.8 cm³/mol. The SMILES string of the molecule is Cn1cc(N)cc1C(=O)Nc1c(F)cc(Br)cc1F. The van der Waals surface area contributed by atoms with Gasteiger partial charge in [-0.1, -0.05) is 15.9 Å². The van der Waals surface area contributed by atoms with E-state index in [9.17, 15) is 13.6 Å². The molecule has 0 fully saturated rings. The number of carbonyl (C=O) groups is 1. The van der Waals surface area contributed by atoms with Gasteiger partial charge >= 0.3 is 0 Å². The summed E-state index contributed by atoms with van der Waals surface area (Å²) >= 11 is 2.96. The van der Waals surface area contributed by atoms with Crippen molar-refractivity contribution in [1.29, 1.82) is 0 Å². The molecule has 1 heterocycles. The number of nitrogens with zero attached hydrogens (tertiary/aromatic N) is 1. The third-order valence-electron chi connectivity index (χ3n) is 2.50. The van der Waals surface area contributed by atoms with E-state index < -0.39 is 23.2 Å². The van der Waals surface area contributed by atoms with E-state index >= 15 is 0 Å². The van der Waals surface area contributed by atoms with Gasteiger partial charge in [0.2, 0.25) is 0 Å². The van der Waals surface area contributed by atoms with Crippen LogP contribution in [0.1, 0.15) is 10.5 Å². The third-order valence-corrected chi connectivity index (χ3v) is 2.96. The van der Waals surface area contributed by atoms with Crippen LogP contribution in [0.2, 0.25) is 0 Å². The molecule has 0 aliphatic rings. The highest BCUT2D eigenvalue weighted by Crippen LogP contribution is 2.24. The predicted octanol–water partition coefficient (Wildman–Crippen LogP) is 2.90. The molecule has 2 aromatic rings. The number of carbonyl (C=O) groups excluding carboxylic acids is 1. The largest absolute Gasteiger partial charge is 0.397 e. The van der Waals surface area contributed by atoms with E-state index in [0.717, 1.165) is 12.1 Å². The van der Waals surface area contributed by atoms with Crippen LogP contribution >= 0.6 is 15.9 Å². The van der Waals surface area contributed by atoms with Gasteiger partial charge in [0.25, 0.3) is 5.91 Å². The van der Waals surface area contributed by atoms with Gasteiger partial charge in [0.15, 0.2) is 11.6 Å². The van der Waals surface area contributed by atoms with Crippen molar-refractivity contribution in [1.82, 2.24) is 4.57 Å². The van der Waals surface area contributed by atoms with E-state index in [1.807, 2.05) is 0 Å². The summed E-state index contributed by atoms with van der Waals surface area (Å²) in [7, 11) is 1.61. The Morgan fingerprint density at radius 2 is 1.89 bits per heavy atom. The zero-order valence-corrected chi connectivity index (χ0v) is 11.5. The number of aromatic nitrogens is 1. The number of nitrogen functional groups attached to an aromatic ring is 1. The van der Waals surface area contributed by atoms with Gasteiger partial charge in [-0.25, -0.2) is 8.78 Å². The smallest absolute Gasteiger partial charge is 0.272 e. The average molecular weight is 330 g/mol. The molecule has 1 aromatic heterocycles. The van der Waals surface area contributed by atoms with Crippen LogP contribution in [0.3, 0.4) is 0 Å². The van der Waals surface area contributed by atoms with Crippen molar-refractivity contribution in [2.24, 2.45) is 7.05 Å². The Morgan fingerprint density at radius 3 is 2.37 bits per heavy atom. The van der Waals surface area contributed by atoms with Crippen molar-refractivity contribution in [3.63, 3.8) is 0 Å². The van der Waals surface area contributed by atoms with E-state index in [-0.39, 0.29) is 10.2 Å². The molecule has 0 spiro atoms. The quantitative estimate of drug-likeness (QED) is 0.889. The monoisotopic (exact) mass is 329 g/mol. The second-order valence-corrected chi connectivity index (χ2v) is 4.88. The van der Waals surface area contributed by atoms with Crippen LogP contribution in [-0.4, -0.2) is 10.5 Å². The lowest BCUT2D eigenvalue weighted by Crippen LogP contribution is -2.17. The molecular formula is C12H10BrF2N3O. The number of aryl methyl sites for hydroxylation is 1. The maximum absolute atomic E-state index is 13.6. The number of hydrogen-bond acceptors (Lipinski definition) is 2. The molecule has 0 bridgehead atoms. The topological polar surface area (TPSA) is 60.0 Å². The van der Waals surface area contributed by atoms with Gasteiger partial charge < -0.3 is 15.6 Å². The van der Waals surface area contributed by atoms with E-state index in [1.165, 1.54) is 16.8 Å². The fourth-order valence-corrected chi connectivity index (χ4v) is 2.06. The van der Waals surface area contributed by atoms with Crippen LogP contribution in [-0.2, 0) is 7.05 Å². The summed E-state index contributed by atoms with van der Waals surface area (Å²) in [5.74, 6) is -2.36. The van der Waals surface area contributed by atoms with Crippen LogP contribution in [0.15, 0.2) is 28.9 Å². The molecular weight excluding hydrogens is 320 g/mol. The molecule has 0 aliphatic carbocycles. The molecule has 4 nitrogen and oxygen atoms in total. The van der Waals surface area contributed by atoms with Crippen LogP contribution < -0.4 is 11.1 Å². The fraction of sp³-hybridized carbons (Fsp3) is 0.0833. The van der Waals surface area contributed by atoms with Gasteiger partial charge in [0.05, 0.1) is 5.69 Å². The molecule has 0 aliphatic heterocycles. The molecule has 7 heteroatoms. The third kappa shape index (κ3) is 2.76. The van der Waals surface area contributed by atoms with E-state index in [2.05, 4.69) is 21.2 Å². The summed E-state index contributed by atoms with van der Waals surface area (Å²) < 4.78 is 28.9. The van der Waals surface area contributed by atoms with E-state index in [0.29, 0.717) is 5.69 Å². The van der Waals surface area contributed by atoms with Gasteiger partial charge in [-0.3, -0.25) is 4.79 Å². The first-order valence-electron chi connectivity index (χ1n) is 5.26. The Morgan fingerprint density at radius 1 is 1.32 bits per heavy atom. The number of hydrogen-bond donors (Lipinski definition) is 2. The molecule has 0 radical (unpaired) electrons. The Labute approximate surface area is 116 Å². The minimum absolute atomic E-state index is 0.208. The first-order chi connectivity index (χ1) is 8.88. The standard InChI is InChI=1S/C12H10BrF2N3O/c1-18-5-7(16)4-10(18)12(19)17-11-8(14)2-6(13)3-9(11)15/h2-5H,16H2,1H3,(H,17,19). The van der Waals surface area contributed by atoms with Gasteiger partial charge in [-0.2, -0.15) is 0 Å². The first-order valence-corrected chi connectivity index (χ1v) is 6.05. The van der Waals surface area contributed by atoms with Crippen LogP contribution in [0.5, 0.6) is 0 Å². The van der Waals surface area contributed by atoms with Crippen molar-refractivity contribution in [2.45, 2.75) is 0 Å². The maximum atomic E-state index is 13.6. The lowest BCUT2D eigenvalue weighted by atomic mass is 10.2. The molecule has 3 N–H and O–H groups in total. The maximum Gasteiger partial charge on any atom is 0.272 e. The summed E-state index contributed by atoms with van der Waals surface area (Å²) in [6, 6.07) is 3.56. The van der Waals surface area contributed by atoms with Gasteiger partial charge in [-0.05, 0) is 18.2 Å². The number of halogens is 3. The number of amides is 1. The summed E-state index contributed by atoms with van der Waals surface area (Å²) in [4.78, 5) is 11.9. The summed E-state index contributed by atoms with van der Waals surface area (Å²) in [5.41, 5.74) is 5.64. The highest BCUT2D eigenvalue weighted by atomic mass is 79.9. The molecule has 100 valence electrons. The Bertz CT molecular complexity index is 631. The zero-order chi connectivity index (χ0) is 14.2. The lowest BCUT2D eigenvalue weighted by molar-refractivity contribution is 0.101. The number of rotatable bonds is 2. The summed E-state index contributed by atoms with van der Waals surface area (Å²) in [6.07, 6.45) is 1.53. The number of anilines is 2. The fourth-order valence-electron chi connectivity index (χ4n) is 1.66. The normalized spacial score (nSPS) is 10.5. The second kappa shape index (κ2) is 5.00. The van der Waals surface area contributed by atoms with Gasteiger partial charge in [0, 0.05) is 17.7 Å². The number of nitrogens with one attached hydrogen (secondary N) is 1. The van der Waals surface area contributed by atoms with Gasteiger partial charge in [0.1, 0.15) is 11.4 Å². The minimum Gasteiger partial charge on any atom is -0.397 e. The second-order valence-electron chi connectivity index (χ2n) is 3.97. The average Bonchev–Trinajstić information content (AvgIpc) is 2.62. The summed E-state index contributed by atoms with van der Waals surface area (Å²) in [5, 5.41) is 2.19. The van der Waals surface area contributed by atoms with E-state index in [1.54, 1.807) is 7.05 Å². The van der Waals surface area contributed by atoms with E-state index in [4.69, 9.17) is 5.73 Å². The Hall–Kier alpha value is -1.89. The van der Waals surface area contributed by atoms with Gasteiger partial charge in [-0.15, -0.1) is 0 Å². The van der Waals surface area contributed by atoms with Crippen LogP contribution in [0.25, 0.3) is 0 Å². The highest BCUT2D eigenvalue weighted by Gasteiger charge is 2.17. The summed E-state index contributed by atoms with van der Waals surface area (Å²) in [6.45, 7) is 0.